The average Bonchev–Trinajstić information content (AvgIpc) is 3.61. The second kappa shape index (κ2) is 12.4. The summed E-state index contributed by atoms with van der Waals surface area (Å²) in [7, 11) is -3.87. The lowest BCUT2D eigenvalue weighted by Crippen LogP contribution is -2.42. The number of nitrogens with zero attached hydrogens (tertiary/aromatic N) is 2. The van der Waals surface area contributed by atoms with Crippen LogP contribution in [-0.4, -0.2) is 63.7 Å². The molecule has 1 N–H and O–H groups in total. The van der Waals surface area contributed by atoms with Crippen LogP contribution in [-0.2, 0) is 36.8 Å². The highest BCUT2D eigenvalue weighted by atomic mass is 31.2. The van der Waals surface area contributed by atoms with Gasteiger partial charge < -0.3 is 19.3 Å². The van der Waals surface area contributed by atoms with Gasteiger partial charge in [0.25, 0.3) is 0 Å². The highest BCUT2D eigenvalue weighted by Gasteiger charge is 2.43. The van der Waals surface area contributed by atoms with Crippen LogP contribution < -0.4 is 0 Å². The van der Waals surface area contributed by atoms with Crippen molar-refractivity contribution in [1.29, 1.82) is 0 Å². The predicted molar refractivity (Wildman–Crippen MR) is 137 cm³/mol. The molecule has 2 saturated heterocycles. The molecule has 2 aromatic carbocycles. The summed E-state index contributed by atoms with van der Waals surface area (Å²) in [5.74, 6) is -1.71. The Morgan fingerprint density at radius 2 is 1.41 bits per heavy atom. The number of carbonyl (C=O) groups excluding carboxylic acids is 3. The summed E-state index contributed by atoms with van der Waals surface area (Å²) < 4.78 is 24.0. The summed E-state index contributed by atoms with van der Waals surface area (Å²) in [6, 6.07) is 17.8. The van der Waals surface area contributed by atoms with E-state index in [4.69, 9.17) is 9.47 Å². The number of esters is 1. The number of amides is 2. The first-order valence-corrected chi connectivity index (χ1v) is 14.6. The molecule has 198 valence electrons. The molecule has 37 heavy (non-hydrogen) atoms. The topological polar surface area (TPSA) is 113 Å². The fourth-order valence-electron chi connectivity index (χ4n) is 4.87. The van der Waals surface area contributed by atoms with Crippen molar-refractivity contribution < 1.29 is 33.3 Å². The smallest absolute Gasteiger partial charge is 0.410 e. The van der Waals surface area contributed by atoms with Crippen LogP contribution in [0.15, 0.2) is 60.7 Å². The zero-order chi connectivity index (χ0) is 26.3. The summed E-state index contributed by atoms with van der Waals surface area (Å²) in [6.07, 6.45) is 1.05. The average molecular weight is 529 g/mol. The summed E-state index contributed by atoms with van der Waals surface area (Å²) >= 11 is 0. The zero-order valence-electron chi connectivity index (χ0n) is 20.7. The van der Waals surface area contributed by atoms with E-state index in [1.807, 2.05) is 60.7 Å². The largest absolute Gasteiger partial charge is 0.459 e. The molecule has 0 aromatic heterocycles. The van der Waals surface area contributed by atoms with Crippen LogP contribution in [0.1, 0.15) is 43.2 Å². The summed E-state index contributed by atoms with van der Waals surface area (Å²) in [5, 5.41) is 0. The van der Waals surface area contributed by atoms with Gasteiger partial charge in [0.2, 0.25) is 13.3 Å². The van der Waals surface area contributed by atoms with E-state index in [2.05, 4.69) is 0 Å². The van der Waals surface area contributed by atoms with Crippen LogP contribution in [0.25, 0.3) is 0 Å². The number of hydrogen-bond acceptors (Lipinski definition) is 6. The first-order chi connectivity index (χ1) is 17.8. The number of ether oxygens (including phenoxy) is 2. The van der Waals surface area contributed by atoms with Gasteiger partial charge in [-0.05, 0) is 36.8 Å². The molecule has 2 aliphatic rings. The molecular weight excluding hydrogens is 495 g/mol. The molecule has 0 aliphatic carbocycles. The fourth-order valence-corrected chi connectivity index (χ4v) is 6.91. The summed E-state index contributed by atoms with van der Waals surface area (Å²) in [4.78, 5) is 51.9. The molecule has 2 fully saturated rings. The second-order valence-corrected chi connectivity index (χ2v) is 12.0. The molecule has 0 saturated carbocycles. The van der Waals surface area contributed by atoms with Crippen molar-refractivity contribution in [1.82, 2.24) is 9.80 Å². The SMILES string of the molecule is O=C(OCc1ccccc1)C1CCCN1C(=O)CCP(=O)(O)C1CCCN1C(=O)OCc1ccccc1. The van der Waals surface area contributed by atoms with E-state index in [0.717, 1.165) is 11.1 Å². The van der Waals surface area contributed by atoms with Crippen LogP contribution >= 0.6 is 7.37 Å². The number of benzene rings is 2. The minimum absolute atomic E-state index is 0.0772. The monoisotopic (exact) mass is 528 g/mol. The minimum Gasteiger partial charge on any atom is -0.459 e. The molecule has 2 aromatic rings. The first-order valence-electron chi connectivity index (χ1n) is 12.6. The van der Waals surface area contributed by atoms with Gasteiger partial charge in [-0.1, -0.05) is 60.7 Å². The van der Waals surface area contributed by atoms with E-state index in [1.165, 1.54) is 9.80 Å². The molecule has 2 amide bonds. The van der Waals surface area contributed by atoms with Crippen LogP contribution in [0, 0.1) is 0 Å². The lowest BCUT2D eigenvalue weighted by Gasteiger charge is -2.29. The van der Waals surface area contributed by atoms with Crippen molar-refractivity contribution in [2.24, 2.45) is 0 Å². The van der Waals surface area contributed by atoms with Gasteiger partial charge in [-0.25, -0.2) is 9.59 Å². The predicted octanol–water partition coefficient (Wildman–Crippen LogP) is 4.14. The van der Waals surface area contributed by atoms with Gasteiger partial charge in [-0.3, -0.25) is 14.3 Å². The van der Waals surface area contributed by atoms with E-state index in [1.54, 1.807) is 0 Å². The van der Waals surface area contributed by atoms with Crippen LogP contribution in [0.4, 0.5) is 4.79 Å². The van der Waals surface area contributed by atoms with E-state index in [0.29, 0.717) is 38.8 Å². The molecule has 9 nitrogen and oxygen atoms in total. The minimum atomic E-state index is -3.87. The van der Waals surface area contributed by atoms with Gasteiger partial charge in [0, 0.05) is 25.7 Å². The third-order valence-electron chi connectivity index (χ3n) is 6.84. The Morgan fingerprint density at radius 1 is 0.838 bits per heavy atom. The Hall–Kier alpha value is -3.16. The molecular formula is C27H33N2O7P. The summed E-state index contributed by atoms with van der Waals surface area (Å²) in [5.41, 5.74) is 1.68. The van der Waals surface area contributed by atoms with Crippen molar-refractivity contribution >= 4 is 25.3 Å². The third-order valence-corrected chi connectivity index (χ3v) is 9.17. The van der Waals surface area contributed by atoms with Crippen LogP contribution in [0.5, 0.6) is 0 Å². The molecule has 0 bridgehead atoms. The lowest BCUT2D eigenvalue weighted by molar-refractivity contribution is -0.154. The third kappa shape index (κ3) is 6.99. The molecule has 3 unspecified atom stereocenters. The lowest BCUT2D eigenvalue weighted by atomic mass is 10.2. The Balaban J connectivity index is 1.29. The van der Waals surface area contributed by atoms with Crippen molar-refractivity contribution in [2.75, 3.05) is 19.3 Å². The molecule has 3 atom stereocenters. The highest BCUT2D eigenvalue weighted by Crippen LogP contribution is 2.52. The van der Waals surface area contributed by atoms with Crippen molar-refractivity contribution in [3.63, 3.8) is 0 Å². The normalized spacial score (nSPS) is 20.9. The maximum absolute atomic E-state index is 13.2. The van der Waals surface area contributed by atoms with Gasteiger partial charge in [0.05, 0.1) is 0 Å². The second-order valence-electron chi connectivity index (χ2n) is 9.42. The number of likely N-dealkylation sites (tertiary alicyclic amines) is 2. The Bertz CT molecular complexity index is 1130. The Labute approximate surface area is 216 Å². The van der Waals surface area contributed by atoms with Gasteiger partial charge in [0.1, 0.15) is 25.0 Å². The van der Waals surface area contributed by atoms with Crippen LogP contribution in [0.2, 0.25) is 0 Å². The fraction of sp³-hybridized carbons (Fsp3) is 0.444. The first kappa shape index (κ1) is 26.9. The van der Waals surface area contributed by atoms with E-state index in [-0.39, 0.29) is 31.7 Å². The quantitative estimate of drug-likeness (QED) is 0.384. The van der Waals surface area contributed by atoms with E-state index >= 15 is 0 Å². The van der Waals surface area contributed by atoms with Gasteiger partial charge >= 0.3 is 12.1 Å². The molecule has 0 radical (unpaired) electrons. The molecule has 10 heteroatoms. The number of carbonyl (C=O) groups is 3. The summed E-state index contributed by atoms with van der Waals surface area (Å²) in [6.45, 7) is 0.940. The number of hydrogen-bond donors (Lipinski definition) is 1. The standard InChI is InChI=1S/C27H33N2O7P/c30-24(28-16-7-13-23(28)26(31)35-19-21-9-3-1-4-10-21)15-18-37(33,34)25-14-8-17-29(25)27(32)36-20-22-11-5-2-6-12-22/h1-6,9-12,23,25H,7-8,13-20H2,(H,33,34). The van der Waals surface area contributed by atoms with Gasteiger partial charge in [-0.2, -0.15) is 0 Å². The molecule has 0 spiro atoms. The molecule has 2 aliphatic heterocycles. The van der Waals surface area contributed by atoms with Gasteiger partial charge in [-0.15, -0.1) is 0 Å². The zero-order valence-corrected chi connectivity index (χ0v) is 21.6. The van der Waals surface area contributed by atoms with Crippen LogP contribution in [0.3, 0.4) is 0 Å². The number of rotatable bonds is 9. The van der Waals surface area contributed by atoms with Crippen molar-refractivity contribution in [3.8, 4) is 0 Å². The Kier molecular flexibility index (Phi) is 9.00. The maximum atomic E-state index is 13.2. The van der Waals surface area contributed by atoms with E-state index < -0.39 is 31.3 Å². The van der Waals surface area contributed by atoms with Crippen molar-refractivity contribution in [3.05, 3.63) is 71.8 Å². The van der Waals surface area contributed by atoms with Gasteiger partial charge in [0.15, 0.2) is 0 Å². The highest BCUT2D eigenvalue weighted by molar-refractivity contribution is 7.58. The molecule has 4 rings (SSSR count). The van der Waals surface area contributed by atoms with Crippen molar-refractivity contribution in [2.45, 2.75) is 57.1 Å². The molecule has 2 heterocycles. The Morgan fingerprint density at radius 3 is 2.05 bits per heavy atom. The maximum Gasteiger partial charge on any atom is 0.410 e. The van der Waals surface area contributed by atoms with E-state index in [9.17, 15) is 23.8 Å².